The van der Waals surface area contributed by atoms with Crippen LogP contribution >= 0.6 is 0 Å². The highest BCUT2D eigenvalue weighted by atomic mass is 16.5. The number of nitrogens with one attached hydrogen (secondary N) is 1. The zero-order valence-electron chi connectivity index (χ0n) is 22.9. The van der Waals surface area contributed by atoms with Gasteiger partial charge in [-0.2, -0.15) is 0 Å². The molecule has 0 aromatic heterocycles. The Kier molecular flexibility index (Phi) is 17.8. The molecule has 0 spiro atoms. The molecule has 0 fully saturated rings. The van der Waals surface area contributed by atoms with Gasteiger partial charge in [-0.1, -0.05) is 108 Å². The lowest BCUT2D eigenvalue weighted by Gasteiger charge is -2.25. The minimum absolute atomic E-state index is 0.129. The summed E-state index contributed by atoms with van der Waals surface area (Å²) in [6, 6.07) is 9.21. The number of esters is 1. The van der Waals surface area contributed by atoms with E-state index < -0.39 is 0 Å². The first-order chi connectivity index (χ1) is 16.9. The molecule has 1 atom stereocenters. The van der Waals surface area contributed by atoms with Gasteiger partial charge in [-0.15, -0.1) is 0 Å². The number of urea groups is 1. The van der Waals surface area contributed by atoms with Crippen LogP contribution in [0.5, 0.6) is 0 Å². The summed E-state index contributed by atoms with van der Waals surface area (Å²) in [5.74, 6) is -0.301. The summed E-state index contributed by atoms with van der Waals surface area (Å²) < 4.78 is 5.41. The Bertz CT molecular complexity index is 666. The third kappa shape index (κ3) is 17.1. The average Bonchev–Trinajstić information content (AvgIpc) is 2.83. The number of ether oxygens (including phenoxy) is 1. The summed E-state index contributed by atoms with van der Waals surface area (Å²) in [7, 11) is 5.70. The van der Waals surface area contributed by atoms with Crippen molar-refractivity contribution < 1.29 is 14.3 Å². The molecule has 1 N–H and O–H groups in total. The summed E-state index contributed by atoms with van der Waals surface area (Å²) >= 11 is 0. The number of hydrogen-bond acceptors (Lipinski definition) is 4. The number of likely N-dealkylation sites (N-methyl/N-ethyl adjacent to an activating group) is 1. The largest absolute Gasteiger partial charge is 0.461 e. The van der Waals surface area contributed by atoms with E-state index in [9.17, 15) is 9.59 Å². The Morgan fingerprint density at radius 2 is 1.37 bits per heavy atom. The molecule has 0 aliphatic carbocycles. The fraction of sp³-hybridized carbons (Fsp3) is 0.724. The first-order valence-electron chi connectivity index (χ1n) is 13.8. The van der Waals surface area contributed by atoms with Gasteiger partial charge in [-0.05, 0) is 26.1 Å². The predicted octanol–water partition coefficient (Wildman–Crippen LogP) is 6.39. The number of unbranched alkanes of at least 4 members (excludes halogenated alkanes) is 11. The van der Waals surface area contributed by atoms with Crippen molar-refractivity contribution in [3.05, 3.63) is 35.9 Å². The highest BCUT2D eigenvalue weighted by Crippen LogP contribution is 2.12. The molecule has 1 aromatic rings. The topological polar surface area (TPSA) is 61.9 Å². The van der Waals surface area contributed by atoms with Crippen molar-refractivity contribution >= 4 is 12.0 Å². The van der Waals surface area contributed by atoms with E-state index in [2.05, 4.69) is 12.2 Å². The van der Waals surface area contributed by atoms with Gasteiger partial charge < -0.3 is 19.9 Å². The summed E-state index contributed by atoms with van der Waals surface area (Å²) in [5, 5.41) is 3.02. The zero-order valence-corrected chi connectivity index (χ0v) is 22.9. The van der Waals surface area contributed by atoms with E-state index in [1.54, 1.807) is 4.90 Å². The second-order valence-corrected chi connectivity index (χ2v) is 10.1. The molecule has 0 radical (unpaired) electrons. The van der Waals surface area contributed by atoms with Crippen LogP contribution in [0.4, 0.5) is 4.79 Å². The van der Waals surface area contributed by atoms with Gasteiger partial charge >= 0.3 is 12.0 Å². The van der Waals surface area contributed by atoms with Crippen LogP contribution in [0.3, 0.4) is 0 Å². The molecule has 35 heavy (non-hydrogen) atoms. The van der Waals surface area contributed by atoms with Crippen molar-refractivity contribution in [3.63, 3.8) is 0 Å². The molecular weight excluding hydrogens is 438 g/mol. The predicted molar refractivity (Wildman–Crippen MR) is 145 cm³/mol. The van der Waals surface area contributed by atoms with Crippen LogP contribution in [0.1, 0.15) is 96.0 Å². The summed E-state index contributed by atoms with van der Waals surface area (Å²) in [6.45, 7) is 3.83. The molecule has 200 valence electrons. The quantitative estimate of drug-likeness (QED) is 0.170. The first-order valence-corrected chi connectivity index (χ1v) is 13.8. The van der Waals surface area contributed by atoms with Crippen LogP contribution < -0.4 is 5.32 Å². The fourth-order valence-corrected chi connectivity index (χ4v) is 4.18. The second-order valence-electron chi connectivity index (χ2n) is 10.1. The second kappa shape index (κ2) is 20.1. The molecule has 0 saturated heterocycles. The lowest BCUT2D eigenvalue weighted by atomic mass is 10.1. The first kappa shape index (κ1) is 31.0. The molecule has 6 heteroatoms. The standard InChI is InChI=1S/C29H51N3O3/c1-5-6-7-8-9-10-11-12-13-14-15-19-22-32(4)29(34)30-27(24-31(2)3)23-28(33)35-25-26-20-17-16-18-21-26/h16-18,20-21,27H,5-15,19,22-25H2,1-4H3,(H,30,34)/t27-/m1/s1. The van der Waals surface area contributed by atoms with Crippen molar-refractivity contribution in [2.75, 3.05) is 34.2 Å². The van der Waals surface area contributed by atoms with E-state index in [0.29, 0.717) is 6.54 Å². The van der Waals surface area contributed by atoms with Crippen molar-refractivity contribution in [2.24, 2.45) is 0 Å². The zero-order chi connectivity index (χ0) is 25.7. The van der Waals surface area contributed by atoms with Crippen molar-refractivity contribution in [1.29, 1.82) is 0 Å². The van der Waals surface area contributed by atoms with Gasteiger partial charge in [0.1, 0.15) is 6.61 Å². The smallest absolute Gasteiger partial charge is 0.317 e. The van der Waals surface area contributed by atoms with Gasteiger partial charge in [-0.3, -0.25) is 4.79 Å². The average molecular weight is 490 g/mol. The maximum absolute atomic E-state index is 12.7. The maximum atomic E-state index is 12.7. The van der Waals surface area contributed by atoms with E-state index in [-0.39, 0.29) is 31.1 Å². The fourth-order valence-electron chi connectivity index (χ4n) is 4.18. The molecule has 0 bridgehead atoms. The van der Waals surface area contributed by atoms with E-state index in [1.165, 1.54) is 64.2 Å². The Hall–Kier alpha value is -2.08. The van der Waals surface area contributed by atoms with Crippen LogP contribution in [0.15, 0.2) is 30.3 Å². The molecule has 1 aromatic carbocycles. The number of benzene rings is 1. The van der Waals surface area contributed by atoms with E-state index in [4.69, 9.17) is 4.74 Å². The Labute approximate surface area is 214 Å². The van der Waals surface area contributed by atoms with Gasteiger partial charge in [0, 0.05) is 20.1 Å². The van der Waals surface area contributed by atoms with Crippen LogP contribution in [-0.2, 0) is 16.1 Å². The lowest BCUT2D eigenvalue weighted by Crippen LogP contribution is -2.48. The Balaban J connectivity index is 2.20. The van der Waals surface area contributed by atoms with Gasteiger partial charge in [0.2, 0.25) is 0 Å². The summed E-state index contributed by atoms with van der Waals surface area (Å²) in [4.78, 5) is 28.7. The van der Waals surface area contributed by atoms with Crippen LogP contribution in [0.25, 0.3) is 0 Å². The molecule has 2 amide bonds. The van der Waals surface area contributed by atoms with Gasteiger partial charge in [0.05, 0.1) is 12.5 Å². The molecular formula is C29H51N3O3. The van der Waals surface area contributed by atoms with Gasteiger partial charge in [0.15, 0.2) is 0 Å². The maximum Gasteiger partial charge on any atom is 0.317 e. The monoisotopic (exact) mass is 489 g/mol. The number of nitrogens with zero attached hydrogens (tertiary/aromatic N) is 2. The summed E-state index contributed by atoms with van der Waals surface area (Å²) in [5.41, 5.74) is 0.955. The minimum Gasteiger partial charge on any atom is -0.461 e. The van der Waals surface area contributed by atoms with E-state index >= 15 is 0 Å². The van der Waals surface area contributed by atoms with E-state index in [0.717, 1.165) is 24.9 Å². The van der Waals surface area contributed by atoms with Crippen molar-refractivity contribution in [1.82, 2.24) is 15.1 Å². The Morgan fingerprint density at radius 1 is 0.829 bits per heavy atom. The van der Waals surface area contributed by atoms with Crippen molar-refractivity contribution in [2.45, 2.75) is 103 Å². The highest BCUT2D eigenvalue weighted by molar-refractivity contribution is 5.76. The highest BCUT2D eigenvalue weighted by Gasteiger charge is 2.20. The number of amides is 2. The van der Waals surface area contributed by atoms with Gasteiger partial charge in [0.25, 0.3) is 0 Å². The number of hydrogen-bond donors (Lipinski definition) is 1. The third-order valence-electron chi connectivity index (χ3n) is 6.26. The van der Waals surface area contributed by atoms with Crippen molar-refractivity contribution in [3.8, 4) is 0 Å². The molecule has 0 heterocycles. The number of carbonyl (C=O) groups is 2. The van der Waals surface area contributed by atoms with E-state index in [1.807, 2.05) is 56.4 Å². The normalized spacial score (nSPS) is 11.9. The molecule has 0 aliphatic heterocycles. The number of rotatable bonds is 20. The van der Waals surface area contributed by atoms with Crippen LogP contribution in [0, 0.1) is 0 Å². The molecule has 0 aliphatic rings. The summed E-state index contributed by atoms with van der Waals surface area (Å²) in [6.07, 6.45) is 15.8. The molecule has 1 rings (SSSR count). The van der Waals surface area contributed by atoms with Crippen LogP contribution in [0.2, 0.25) is 0 Å². The minimum atomic E-state index is -0.301. The number of carbonyl (C=O) groups excluding carboxylic acids is 2. The SMILES string of the molecule is CCCCCCCCCCCCCCN(C)C(=O)N[C@H](CC(=O)OCc1ccccc1)CN(C)C. The molecule has 0 saturated carbocycles. The Morgan fingerprint density at radius 3 is 1.91 bits per heavy atom. The van der Waals surface area contributed by atoms with Gasteiger partial charge in [-0.25, -0.2) is 4.79 Å². The van der Waals surface area contributed by atoms with Crippen LogP contribution in [-0.4, -0.2) is 62.1 Å². The molecule has 6 nitrogen and oxygen atoms in total. The lowest BCUT2D eigenvalue weighted by molar-refractivity contribution is -0.145. The third-order valence-corrected chi connectivity index (χ3v) is 6.26. The molecule has 0 unspecified atom stereocenters.